The highest BCUT2D eigenvalue weighted by atomic mass is 35.5. The maximum Gasteiger partial charge on any atom is 0.121 e. The Bertz CT molecular complexity index is 459. The fraction of sp³-hybridized carbons (Fsp3) is 0.462. The van der Waals surface area contributed by atoms with E-state index in [2.05, 4.69) is 5.32 Å². The Hall–Kier alpha value is -1.28. The molecule has 1 saturated heterocycles. The van der Waals surface area contributed by atoms with E-state index < -0.39 is 0 Å². The summed E-state index contributed by atoms with van der Waals surface area (Å²) in [5.41, 5.74) is 0.452. The maximum absolute atomic E-state index is 8.77. The lowest BCUT2D eigenvalue weighted by atomic mass is 10.2. The van der Waals surface area contributed by atoms with Crippen molar-refractivity contribution in [2.45, 2.75) is 19.1 Å². The Morgan fingerprint density at radius 1 is 1.56 bits per heavy atom. The van der Waals surface area contributed by atoms with Gasteiger partial charge >= 0.3 is 0 Å². The summed E-state index contributed by atoms with van der Waals surface area (Å²) < 4.78 is 11.3. The molecule has 0 radical (unpaired) electrons. The zero-order valence-corrected chi connectivity index (χ0v) is 10.9. The van der Waals surface area contributed by atoms with Gasteiger partial charge in [0.15, 0.2) is 0 Å². The monoisotopic (exact) mass is 266 g/mol. The number of halogens is 1. The first-order valence-corrected chi connectivity index (χ1v) is 6.25. The third kappa shape index (κ3) is 3.36. The number of nitriles is 1. The SMILES string of the molecule is CC1CNCC(COc2ccc(C#N)c(Cl)c2)O1. The van der Waals surface area contributed by atoms with Crippen LogP contribution in [0.3, 0.4) is 0 Å². The molecule has 1 fully saturated rings. The number of rotatable bonds is 3. The first kappa shape index (κ1) is 13.2. The number of benzene rings is 1. The van der Waals surface area contributed by atoms with Crippen LogP contribution in [0.5, 0.6) is 5.75 Å². The van der Waals surface area contributed by atoms with Crippen LogP contribution in [0.1, 0.15) is 12.5 Å². The van der Waals surface area contributed by atoms with Crippen LogP contribution in [-0.4, -0.2) is 31.9 Å². The summed E-state index contributed by atoms with van der Waals surface area (Å²) in [5, 5.41) is 12.5. The normalized spacial score (nSPS) is 23.4. The fourth-order valence-corrected chi connectivity index (χ4v) is 2.05. The standard InChI is InChI=1S/C13H15ClN2O2/c1-9-6-16-7-12(18-9)8-17-11-3-2-10(5-15)13(14)4-11/h2-4,9,12,16H,6-8H2,1H3. The predicted molar refractivity (Wildman–Crippen MR) is 68.9 cm³/mol. The molecule has 0 aliphatic carbocycles. The topological polar surface area (TPSA) is 54.3 Å². The van der Waals surface area contributed by atoms with Crippen LogP contribution in [0.25, 0.3) is 0 Å². The Morgan fingerprint density at radius 2 is 2.39 bits per heavy atom. The minimum atomic E-state index is 0.0446. The van der Waals surface area contributed by atoms with Crippen LogP contribution in [-0.2, 0) is 4.74 Å². The molecule has 0 aromatic heterocycles. The van der Waals surface area contributed by atoms with Crippen LogP contribution in [0, 0.1) is 11.3 Å². The molecular weight excluding hydrogens is 252 g/mol. The molecule has 1 N–H and O–H groups in total. The van der Waals surface area contributed by atoms with Gasteiger partial charge in [0, 0.05) is 19.2 Å². The van der Waals surface area contributed by atoms with Crippen LogP contribution >= 0.6 is 11.6 Å². The van der Waals surface area contributed by atoms with Crippen molar-refractivity contribution in [3.8, 4) is 11.8 Å². The lowest BCUT2D eigenvalue weighted by Gasteiger charge is -2.28. The van der Waals surface area contributed by atoms with Gasteiger partial charge in [-0.1, -0.05) is 11.6 Å². The summed E-state index contributed by atoms with van der Waals surface area (Å²) in [5.74, 6) is 0.654. The molecule has 96 valence electrons. The smallest absolute Gasteiger partial charge is 0.121 e. The summed E-state index contributed by atoms with van der Waals surface area (Å²) in [6.07, 6.45) is 0.250. The molecular formula is C13H15ClN2O2. The second-order valence-corrected chi connectivity index (χ2v) is 4.70. The van der Waals surface area contributed by atoms with Crippen molar-refractivity contribution in [2.24, 2.45) is 0 Å². The summed E-state index contributed by atoms with van der Waals surface area (Å²) in [6, 6.07) is 7.06. The van der Waals surface area contributed by atoms with E-state index in [9.17, 15) is 0 Å². The summed E-state index contributed by atoms with van der Waals surface area (Å²) >= 11 is 5.93. The third-order valence-electron chi connectivity index (χ3n) is 2.73. The van der Waals surface area contributed by atoms with Gasteiger partial charge in [-0.2, -0.15) is 5.26 Å². The molecule has 0 spiro atoms. The van der Waals surface area contributed by atoms with Gasteiger partial charge in [0.2, 0.25) is 0 Å². The van der Waals surface area contributed by atoms with Gasteiger partial charge in [0.1, 0.15) is 24.5 Å². The molecule has 1 aliphatic rings. The number of hydrogen-bond acceptors (Lipinski definition) is 4. The first-order chi connectivity index (χ1) is 8.69. The van der Waals surface area contributed by atoms with Gasteiger partial charge in [0.25, 0.3) is 0 Å². The molecule has 2 rings (SSSR count). The van der Waals surface area contributed by atoms with Crippen molar-refractivity contribution in [3.63, 3.8) is 0 Å². The molecule has 1 heterocycles. The Kier molecular flexibility index (Phi) is 4.43. The van der Waals surface area contributed by atoms with E-state index >= 15 is 0 Å². The molecule has 1 aromatic carbocycles. The summed E-state index contributed by atoms with van der Waals surface area (Å²) in [7, 11) is 0. The van der Waals surface area contributed by atoms with E-state index in [1.54, 1.807) is 18.2 Å². The highest BCUT2D eigenvalue weighted by molar-refractivity contribution is 6.31. The number of nitrogens with one attached hydrogen (secondary N) is 1. The molecule has 5 heteroatoms. The zero-order valence-electron chi connectivity index (χ0n) is 10.1. The number of morpholine rings is 1. The van der Waals surface area contributed by atoms with Crippen molar-refractivity contribution < 1.29 is 9.47 Å². The van der Waals surface area contributed by atoms with E-state index in [0.29, 0.717) is 22.9 Å². The molecule has 4 nitrogen and oxygen atoms in total. The molecule has 1 aromatic rings. The molecule has 2 atom stereocenters. The largest absolute Gasteiger partial charge is 0.491 e. The summed E-state index contributed by atoms with van der Waals surface area (Å²) in [6.45, 7) is 4.16. The van der Waals surface area contributed by atoms with Gasteiger partial charge in [-0.15, -0.1) is 0 Å². The minimum Gasteiger partial charge on any atom is -0.491 e. The molecule has 18 heavy (non-hydrogen) atoms. The van der Waals surface area contributed by atoms with Gasteiger partial charge in [0.05, 0.1) is 16.7 Å². The van der Waals surface area contributed by atoms with Crippen LogP contribution < -0.4 is 10.1 Å². The molecule has 2 unspecified atom stereocenters. The fourth-order valence-electron chi connectivity index (χ4n) is 1.84. The lowest BCUT2D eigenvalue weighted by molar-refractivity contribution is -0.0470. The summed E-state index contributed by atoms with van der Waals surface area (Å²) in [4.78, 5) is 0. The molecule has 1 aliphatic heterocycles. The van der Waals surface area contributed by atoms with Gasteiger partial charge in [-0.25, -0.2) is 0 Å². The Labute approximate surface area is 111 Å². The quantitative estimate of drug-likeness (QED) is 0.909. The van der Waals surface area contributed by atoms with Gasteiger partial charge < -0.3 is 14.8 Å². The van der Waals surface area contributed by atoms with E-state index in [-0.39, 0.29) is 12.2 Å². The van der Waals surface area contributed by atoms with Crippen molar-refractivity contribution >= 4 is 11.6 Å². The minimum absolute atomic E-state index is 0.0446. The average molecular weight is 267 g/mol. The van der Waals surface area contributed by atoms with Crippen molar-refractivity contribution in [1.29, 1.82) is 5.26 Å². The molecule has 0 bridgehead atoms. The van der Waals surface area contributed by atoms with Gasteiger partial charge in [-0.05, 0) is 19.1 Å². The van der Waals surface area contributed by atoms with E-state index in [1.807, 2.05) is 13.0 Å². The predicted octanol–water partition coefficient (Wildman–Crippen LogP) is 1.97. The van der Waals surface area contributed by atoms with Crippen LogP contribution in [0.4, 0.5) is 0 Å². The first-order valence-electron chi connectivity index (χ1n) is 5.87. The van der Waals surface area contributed by atoms with Gasteiger partial charge in [-0.3, -0.25) is 0 Å². The van der Waals surface area contributed by atoms with E-state index in [4.69, 9.17) is 26.3 Å². The maximum atomic E-state index is 8.77. The Balaban J connectivity index is 1.90. The highest BCUT2D eigenvalue weighted by Crippen LogP contribution is 2.22. The number of ether oxygens (including phenoxy) is 2. The highest BCUT2D eigenvalue weighted by Gasteiger charge is 2.19. The number of hydrogen-bond donors (Lipinski definition) is 1. The third-order valence-corrected chi connectivity index (χ3v) is 3.04. The van der Waals surface area contributed by atoms with Crippen LogP contribution in [0.15, 0.2) is 18.2 Å². The second kappa shape index (κ2) is 6.05. The van der Waals surface area contributed by atoms with Crippen molar-refractivity contribution in [1.82, 2.24) is 5.32 Å². The molecule has 0 amide bonds. The lowest BCUT2D eigenvalue weighted by Crippen LogP contribution is -2.45. The van der Waals surface area contributed by atoms with Crippen molar-refractivity contribution in [2.75, 3.05) is 19.7 Å². The zero-order chi connectivity index (χ0) is 13.0. The van der Waals surface area contributed by atoms with E-state index in [0.717, 1.165) is 13.1 Å². The van der Waals surface area contributed by atoms with Crippen LogP contribution in [0.2, 0.25) is 5.02 Å². The average Bonchev–Trinajstić information content (AvgIpc) is 2.37. The van der Waals surface area contributed by atoms with E-state index in [1.165, 1.54) is 0 Å². The second-order valence-electron chi connectivity index (χ2n) is 4.29. The Morgan fingerprint density at radius 3 is 3.06 bits per heavy atom. The molecule has 0 saturated carbocycles. The van der Waals surface area contributed by atoms with Crippen molar-refractivity contribution in [3.05, 3.63) is 28.8 Å². The number of nitrogens with zero attached hydrogens (tertiary/aromatic N) is 1.